The predicted molar refractivity (Wildman–Crippen MR) is 57.6 cm³/mol. The number of nitrogens with two attached hydrogens (primary N) is 1. The summed E-state index contributed by atoms with van der Waals surface area (Å²) >= 11 is 0. The van der Waals surface area contributed by atoms with Gasteiger partial charge in [0.15, 0.2) is 0 Å². The number of hydrogen-bond donors (Lipinski definition) is 2. The molecule has 1 aromatic carbocycles. The van der Waals surface area contributed by atoms with Gasteiger partial charge in [0.25, 0.3) is 0 Å². The average Bonchev–Trinajstić information content (AvgIpc) is 2.29. The second-order valence-electron chi connectivity index (χ2n) is 3.22. The van der Waals surface area contributed by atoms with Crippen LogP contribution in [-0.2, 0) is 16.1 Å². The molecule has 0 aliphatic carbocycles. The van der Waals surface area contributed by atoms with Crippen LogP contribution in [0.2, 0.25) is 0 Å². The van der Waals surface area contributed by atoms with Gasteiger partial charge in [0.1, 0.15) is 12.6 Å². The Morgan fingerprint density at radius 1 is 1.47 bits per heavy atom. The normalized spacial score (nSPS) is 12.1. The van der Waals surface area contributed by atoms with Crippen molar-refractivity contribution in [1.82, 2.24) is 5.43 Å². The number of hydrazine groups is 1. The van der Waals surface area contributed by atoms with Crippen LogP contribution in [0.1, 0.15) is 18.9 Å². The molecule has 0 aliphatic rings. The summed E-state index contributed by atoms with van der Waals surface area (Å²) < 4.78 is 5.09. The average molecular weight is 208 g/mol. The fourth-order valence-corrected chi connectivity index (χ4v) is 1.18. The predicted octanol–water partition coefficient (Wildman–Crippen LogP) is 0.972. The first-order chi connectivity index (χ1) is 7.27. The van der Waals surface area contributed by atoms with Crippen LogP contribution in [0.25, 0.3) is 0 Å². The van der Waals surface area contributed by atoms with Crippen molar-refractivity contribution in [3.8, 4) is 0 Å². The van der Waals surface area contributed by atoms with Gasteiger partial charge in [0.05, 0.1) is 0 Å². The van der Waals surface area contributed by atoms with Crippen LogP contribution >= 0.6 is 0 Å². The lowest BCUT2D eigenvalue weighted by Gasteiger charge is -2.12. The summed E-state index contributed by atoms with van der Waals surface area (Å²) in [6.07, 6.45) is 0.615. The standard InChI is InChI=1S/C11H16N2O2/c1-2-10(13-12)11(14)15-8-9-6-4-3-5-7-9/h3-7,10,13H,2,8,12H2,1H3. The molecule has 82 valence electrons. The Morgan fingerprint density at radius 3 is 2.67 bits per heavy atom. The largest absolute Gasteiger partial charge is 0.460 e. The monoisotopic (exact) mass is 208 g/mol. The molecule has 1 rings (SSSR count). The van der Waals surface area contributed by atoms with Crippen molar-refractivity contribution in [1.29, 1.82) is 0 Å². The molecule has 0 radical (unpaired) electrons. The zero-order chi connectivity index (χ0) is 11.1. The number of carbonyl (C=O) groups is 1. The van der Waals surface area contributed by atoms with Crippen LogP contribution in [0.4, 0.5) is 0 Å². The van der Waals surface area contributed by atoms with E-state index < -0.39 is 6.04 Å². The Bertz CT molecular complexity index is 297. The lowest BCUT2D eigenvalue weighted by molar-refractivity contribution is -0.147. The summed E-state index contributed by atoms with van der Waals surface area (Å²) in [4.78, 5) is 11.4. The zero-order valence-corrected chi connectivity index (χ0v) is 8.77. The van der Waals surface area contributed by atoms with Gasteiger partial charge in [-0.3, -0.25) is 10.6 Å². The molecule has 1 aromatic rings. The molecule has 0 aromatic heterocycles. The fraction of sp³-hybridized carbons (Fsp3) is 0.364. The number of hydrogen-bond acceptors (Lipinski definition) is 4. The molecule has 0 bridgehead atoms. The summed E-state index contributed by atoms with van der Waals surface area (Å²) in [6, 6.07) is 9.12. The van der Waals surface area contributed by atoms with Gasteiger partial charge in [-0.1, -0.05) is 37.3 Å². The van der Waals surface area contributed by atoms with E-state index in [0.717, 1.165) is 5.56 Å². The molecule has 0 aliphatic heterocycles. The Kier molecular flexibility index (Phi) is 4.80. The van der Waals surface area contributed by atoms with Crippen LogP contribution < -0.4 is 11.3 Å². The van der Waals surface area contributed by atoms with E-state index in [1.807, 2.05) is 37.3 Å². The first kappa shape index (κ1) is 11.7. The molecular weight excluding hydrogens is 192 g/mol. The molecule has 4 heteroatoms. The fourth-order valence-electron chi connectivity index (χ4n) is 1.18. The van der Waals surface area contributed by atoms with Crippen molar-refractivity contribution in [2.24, 2.45) is 5.84 Å². The highest BCUT2D eigenvalue weighted by molar-refractivity contribution is 5.75. The molecule has 4 nitrogen and oxygen atoms in total. The molecule has 0 saturated heterocycles. The van der Waals surface area contributed by atoms with E-state index in [4.69, 9.17) is 10.6 Å². The third-order valence-corrected chi connectivity index (χ3v) is 2.12. The van der Waals surface area contributed by atoms with E-state index in [9.17, 15) is 4.79 Å². The Morgan fingerprint density at radius 2 is 2.13 bits per heavy atom. The first-order valence-electron chi connectivity index (χ1n) is 4.94. The van der Waals surface area contributed by atoms with Crippen LogP contribution in [-0.4, -0.2) is 12.0 Å². The number of esters is 1. The maximum Gasteiger partial charge on any atom is 0.324 e. The van der Waals surface area contributed by atoms with Crippen molar-refractivity contribution in [3.63, 3.8) is 0 Å². The van der Waals surface area contributed by atoms with E-state index >= 15 is 0 Å². The topological polar surface area (TPSA) is 64.3 Å². The number of benzene rings is 1. The second kappa shape index (κ2) is 6.16. The SMILES string of the molecule is CCC(NN)C(=O)OCc1ccccc1. The van der Waals surface area contributed by atoms with Gasteiger partial charge in [-0.25, -0.2) is 5.43 Å². The highest BCUT2D eigenvalue weighted by atomic mass is 16.5. The summed E-state index contributed by atoms with van der Waals surface area (Å²) in [5.74, 6) is 4.89. The second-order valence-corrected chi connectivity index (χ2v) is 3.22. The van der Waals surface area contributed by atoms with Gasteiger partial charge in [0.2, 0.25) is 0 Å². The van der Waals surface area contributed by atoms with Gasteiger partial charge in [-0.05, 0) is 12.0 Å². The minimum absolute atomic E-state index is 0.290. The highest BCUT2D eigenvalue weighted by Crippen LogP contribution is 2.02. The third-order valence-electron chi connectivity index (χ3n) is 2.12. The number of carbonyl (C=O) groups excluding carboxylic acids is 1. The smallest absolute Gasteiger partial charge is 0.324 e. The molecule has 0 spiro atoms. The first-order valence-corrected chi connectivity index (χ1v) is 4.94. The van der Waals surface area contributed by atoms with E-state index in [1.165, 1.54) is 0 Å². The zero-order valence-electron chi connectivity index (χ0n) is 8.77. The summed E-state index contributed by atoms with van der Waals surface area (Å²) in [5, 5.41) is 0. The Balaban J connectivity index is 2.40. The van der Waals surface area contributed by atoms with Crippen LogP contribution in [0.5, 0.6) is 0 Å². The van der Waals surface area contributed by atoms with Gasteiger partial charge in [0, 0.05) is 0 Å². The highest BCUT2D eigenvalue weighted by Gasteiger charge is 2.15. The van der Waals surface area contributed by atoms with Crippen LogP contribution in [0.15, 0.2) is 30.3 Å². The Hall–Kier alpha value is -1.39. The molecule has 1 unspecified atom stereocenters. The van der Waals surface area contributed by atoms with Crippen molar-refractivity contribution < 1.29 is 9.53 Å². The molecule has 15 heavy (non-hydrogen) atoms. The minimum Gasteiger partial charge on any atom is -0.460 e. The van der Waals surface area contributed by atoms with Crippen LogP contribution in [0.3, 0.4) is 0 Å². The van der Waals surface area contributed by atoms with Gasteiger partial charge < -0.3 is 4.74 Å². The summed E-state index contributed by atoms with van der Waals surface area (Å²) in [7, 11) is 0. The summed E-state index contributed by atoms with van der Waals surface area (Å²) in [6.45, 7) is 2.16. The van der Waals surface area contributed by atoms with Crippen molar-refractivity contribution in [3.05, 3.63) is 35.9 Å². The van der Waals surface area contributed by atoms with Gasteiger partial charge >= 0.3 is 5.97 Å². The molecular formula is C11H16N2O2. The molecule has 0 fully saturated rings. The Labute approximate surface area is 89.4 Å². The van der Waals surface area contributed by atoms with E-state index in [2.05, 4.69) is 5.43 Å². The molecule has 0 heterocycles. The van der Waals surface area contributed by atoms with E-state index in [-0.39, 0.29) is 12.6 Å². The number of rotatable bonds is 5. The van der Waals surface area contributed by atoms with Crippen molar-refractivity contribution >= 4 is 5.97 Å². The lowest BCUT2D eigenvalue weighted by atomic mass is 10.2. The quantitative estimate of drug-likeness (QED) is 0.430. The minimum atomic E-state index is -0.422. The molecule has 3 N–H and O–H groups in total. The number of nitrogens with one attached hydrogen (secondary N) is 1. The number of ether oxygens (including phenoxy) is 1. The van der Waals surface area contributed by atoms with E-state index in [1.54, 1.807) is 0 Å². The maximum absolute atomic E-state index is 11.4. The lowest BCUT2D eigenvalue weighted by Crippen LogP contribution is -2.41. The molecule has 0 amide bonds. The van der Waals surface area contributed by atoms with Crippen molar-refractivity contribution in [2.75, 3.05) is 0 Å². The van der Waals surface area contributed by atoms with Gasteiger partial charge in [-0.15, -0.1) is 0 Å². The molecule has 0 saturated carbocycles. The summed E-state index contributed by atoms with van der Waals surface area (Å²) in [5.41, 5.74) is 3.38. The van der Waals surface area contributed by atoms with Crippen LogP contribution in [0, 0.1) is 0 Å². The maximum atomic E-state index is 11.4. The third kappa shape index (κ3) is 3.69. The van der Waals surface area contributed by atoms with Gasteiger partial charge in [-0.2, -0.15) is 0 Å². The molecule has 1 atom stereocenters. The van der Waals surface area contributed by atoms with E-state index in [0.29, 0.717) is 6.42 Å². The van der Waals surface area contributed by atoms with Crippen molar-refractivity contribution in [2.45, 2.75) is 26.0 Å².